The lowest BCUT2D eigenvalue weighted by atomic mass is 10.0. The number of anilines is 2. The Morgan fingerprint density at radius 2 is 2.04 bits per heavy atom. The van der Waals surface area contributed by atoms with Crippen LogP contribution in [0.2, 0.25) is 0 Å². The van der Waals surface area contributed by atoms with Crippen molar-refractivity contribution in [3.8, 4) is 5.75 Å². The molecule has 1 atom stereocenters. The molecule has 2 heterocycles. The van der Waals surface area contributed by atoms with E-state index in [4.69, 9.17) is 4.74 Å². The molecular weight excluding hydrogens is 426 g/mol. The summed E-state index contributed by atoms with van der Waals surface area (Å²) in [6, 6.07) is 14.2. The van der Waals surface area contributed by atoms with Crippen LogP contribution in [0.3, 0.4) is 0 Å². The van der Waals surface area contributed by atoms with Gasteiger partial charge in [-0.05, 0) is 30.3 Å². The number of fused-ring (bicyclic) bond motifs is 1. The van der Waals surface area contributed by atoms with Gasteiger partial charge in [-0.2, -0.15) is 10.1 Å². The number of carbonyl (C=O) groups excluding carboxylic acids is 2. The molecular formula is C19H16BrN5O3. The van der Waals surface area contributed by atoms with E-state index in [1.807, 2.05) is 30.3 Å². The van der Waals surface area contributed by atoms with Crippen molar-refractivity contribution in [2.75, 3.05) is 17.2 Å². The molecule has 0 saturated carbocycles. The largest absolute Gasteiger partial charge is 0.483 e. The Morgan fingerprint density at radius 3 is 2.86 bits per heavy atom. The van der Waals surface area contributed by atoms with Gasteiger partial charge in [0.25, 0.3) is 5.91 Å². The highest BCUT2D eigenvalue weighted by molar-refractivity contribution is 9.10. The summed E-state index contributed by atoms with van der Waals surface area (Å²) in [5.74, 6) is 0.492. The monoisotopic (exact) mass is 441 g/mol. The number of halogens is 1. The minimum atomic E-state index is -0.350. The predicted molar refractivity (Wildman–Crippen MR) is 106 cm³/mol. The zero-order chi connectivity index (χ0) is 19.5. The van der Waals surface area contributed by atoms with Crippen LogP contribution in [0, 0.1) is 0 Å². The van der Waals surface area contributed by atoms with Gasteiger partial charge in [-0.25, -0.2) is 4.68 Å². The van der Waals surface area contributed by atoms with Gasteiger partial charge in [0, 0.05) is 15.7 Å². The molecule has 8 nitrogen and oxygen atoms in total. The zero-order valence-electron chi connectivity index (χ0n) is 14.6. The molecule has 2 amide bonds. The minimum Gasteiger partial charge on any atom is -0.483 e. The Morgan fingerprint density at radius 1 is 1.25 bits per heavy atom. The van der Waals surface area contributed by atoms with Crippen LogP contribution in [0.25, 0.3) is 0 Å². The smallest absolute Gasteiger partial charge is 0.262 e. The number of ether oxygens (including phenoxy) is 1. The lowest BCUT2D eigenvalue weighted by molar-refractivity contribution is -0.118. The van der Waals surface area contributed by atoms with Crippen LogP contribution in [0.15, 0.2) is 59.3 Å². The molecule has 28 heavy (non-hydrogen) atoms. The average Bonchev–Trinajstić information content (AvgIpc) is 3.16. The van der Waals surface area contributed by atoms with Gasteiger partial charge >= 0.3 is 0 Å². The number of hydrogen-bond acceptors (Lipinski definition) is 5. The van der Waals surface area contributed by atoms with E-state index in [0.29, 0.717) is 17.4 Å². The molecule has 1 aromatic heterocycles. The molecule has 0 spiro atoms. The molecule has 9 heteroatoms. The minimum absolute atomic E-state index is 0.145. The van der Waals surface area contributed by atoms with E-state index in [1.54, 1.807) is 22.9 Å². The van der Waals surface area contributed by atoms with Crippen LogP contribution in [0.4, 0.5) is 11.6 Å². The number of carbonyl (C=O) groups is 2. The van der Waals surface area contributed by atoms with Gasteiger partial charge in [0.05, 0.1) is 12.5 Å². The van der Waals surface area contributed by atoms with Crippen LogP contribution < -0.4 is 15.4 Å². The lowest BCUT2D eigenvalue weighted by Gasteiger charge is -2.25. The second-order valence-electron chi connectivity index (χ2n) is 6.18. The van der Waals surface area contributed by atoms with Crippen molar-refractivity contribution in [2.24, 2.45) is 0 Å². The van der Waals surface area contributed by atoms with Crippen LogP contribution in [0.1, 0.15) is 18.0 Å². The summed E-state index contributed by atoms with van der Waals surface area (Å²) in [4.78, 5) is 28.3. The maximum absolute atomic E-state index is 12.2. The summed E-state index contributed by atoms with van der Waals surface area (Å²) in [6.45, 7) is -0.157. The lowest BCUT2D eigenvalue weighted by Crippen LogP contribution is -2.29. The quantitative estimate of drug-likeness (QED) is 0.633. The average molecular weight is 442 g/mol. The molecule has 0 bridgehead atoms. The molecule has 1 aliphatic heterocycles. The molecule has 0 radical (unpaired) electrons. The SMILES string of the molecule is O=C(COc1ccccc1[C@H]1CC(=O)Nc2ncnn21)Nc1ccc(Br)cc1. The summed E-state index contributed by atoms with van der Waals surface area (Å²) in [5.41, 5.74) is 1.45. The van der Waals surface area contributed by atoms with Crippen molar-refractivity contribution in [1.82, 2.24) is 14.8 Å². The Balaban J connectivity index is 1.49. The third-order valence-corrected chi connectivity index (χ3v) is 4.79. The van der Waals surface area contributed by atoms with Crippen molar-refractivity contribution in [1.29, 1.82) is 0 Å². The fraction of sp³-hybridized carbons (Fsp3) is 0.158. The molecule has 4 rings (SSSR count). The molecule has 0 aliphatic carbocycles. The van der Waals surface area contributed by atoms with E-state index < -0.39 is 0 Å². The van der Waals surface area contributed by atoms with Gasteiger partial charge < -0.3 is 10.1 Å². The van der Waals surface area contributed by atoms with Gasteiger partial charge in [0.15, 0.2) is 6.61 Å². The molecule has 2 N–H and O–H groups in total. The number of nitrogens with zero attached hydrogens (tertiary/aromatic N) is 3. The van der Waals surface area contributed by atoms with E-state index in [2.05, 4.69) is 36.6 Å². The Hall–Kier alpha value is -3.20. The zero-order valence-corrected chi connectivity index (χ0v) is 16.2. The standard InChI is InChI=1S/C19H16BrN5O3/c20-12-5-7-13(8-6-12)23-18(27)10-28-16-4-2-1-3-14(16)15-9-17(26)24-19-21-11-22-25(15)19/h1-8,11,15H,9-10H2,(H,23,27)(H,21,22,24,26)/t15-/m1/s1. The summed E-state index contributed by atoms with van der Waals surface area (Å²) >= 11 is 3.35. The number of benzene rings is 2. The third kappa shape index (κ3) is 3.89. The molecule has 2 aromatic carbocycles. The molecule has 0 unspecified atom stereocenters. The number of para-hydroxylation sites is 1. The van der Waals surface area contributed by atoms with E-state index >= 15 is 0 Å². The molecule has 0 fully saturated rings. The highest BCUT2D eigenvalue weighted by atomic mass is 79.9. The maximum atomic E-state index is 12.2. The number of rotatable bonds is 5. The number of amides is 2. The second-order valence-corrected chi connectivity index (χ2v) is 7.09. The van der Waals surface area contributed by atoms with E-state index in [0.717, 1.165) is 10.0 Å². The first kappa shape index (κ1) is 18.2. The third-order valence-electron chi connectivity index (χ3n) is 4.26. The summed E-state index contributed by atoms with van der Waals surface area (Å²) in [5, 5.41) is 9.66. The van der Waals surface area contributed by atoms with Crippen LogP contribution in [-0.2, 0) is 9.59 Å². The Bertz CT molecular complexity index is 1020. The Kier molecular flexibility index (Phi) is 5.07. The van der Waals surface area contributed by atoms with Crippen LogP contribution in [-0.4, -0.2) is 33.2 Å². The summed E-state index contributed by atoms with van der Waals surface area (Å²) in [7, 11) is 0. The van der Waals surface area contributed by atoms with Gasteiger partial charge in [-0.15, -0.1) is 0 Å². The van der Waals surface area contributed by atoms with Crippen molar-refractivity contribution < 1.29 is 14.3 Å². The van der Waals surface area contributed by atoms with Crippen LogP contribution >= 0.6 is 15.9 Å². The number of nitrogens with one attached hydrogen (secondary N) is 2. The van der Waals surface area contributed by atoms with E-state index in [1.165, 1.54) is 6.33 Å². The van der Waals surface area contributed by atoms with E-state index in [9.17, 15) is 9.59 Å². The Labute approximate surface area is 169 Å². The number of hydrogen-bond donors (Lipinski definition) is 2. The van der Waals surface area contributed by atoms with E-state index in [-0.39, 0.29) is 30.9 Å². The highest BCUT2D eigenvalue weighted by Gasteiger charge is 2.29. The topological polar surface area (TPSA) is 98.1 Å². The first-order chi connectivity index (χ1) is 13.6. The summed E-state index contributed by atoms with van der Waals surface area (Å²) in [6.07, 6.45) is 1.60. The van der Waals surface area contributed by atoms with Gasteiger partial charge in [-0.1, -0.05) is 34.1 Å². The van der Waals surface area contributed by atoms with Gasteiger partial charge in [0.1, 0.15) is 12.1 Å². The van der Waals surface area contributed by atoms with Gasteiger partial charge in [0.2, 0.25) is 11.9 Å². The predicted octanol–water partition coefficient (Wildman–Crippen LogP) is 2.99. The first-order valence-corrected chi connectivity index (χ1v) is 9.36. The summed E-state index contributed by atoms with van der Waals surface area (Å²) < 4.78 is 8.34. The molecule has 142 valence electrons. The fourth-order valence-corrected chi connectivity index (χ4v) is 3.27. The van der Waals surface area contributed by atoms with Crippen LogP contribution in [0.5, 0.6) is 5.75 Å². The molecule has 0 saturated heterocycles. The fourth-order valence-electron chi connectivity index (χ4n) is 3.01. The van der Waals surface area contributed by atoms with Gasteiger partial charge in [-0.3, -0.25) is 14.9 Å². The van der Waals surface area contributed by atoms with Crippen molar-refractivity contribution in [3.05, 3.63) is 64.9 Å². The maximum Gasteiger partial charge on any atom is 0.262 e. The molecule has 1 aliphatic rings. The normalized spacial score (nSPS) is 15.5. The van der Waals surface area contributed by atoms with Crippen molar-refractivity contribution >= 4 is 39.4 Å². The first-order valence-electron chi connectivity index (χ1n) is 8.56. The van der Waals surface area contributed by atoms with Crippen molar-refractivity contribution in [3.63, 3.8) is 0 Å². The molecule has 3 aromatic rings. The number of aromatic nitrogens is 3. The second kappa shape index (κ2) is 7.81. The highest BCUT2D eigenvalue weighted by Crippen LogP contribution is 2.34. The van der Waals surface area contributed by atoms with Crippen molar-refractivity contribution in [2.45, 2.75) is 12.5 Å².